The van der Waals surface area contributed by atoms with Gasteiger partial charge in [0.2, 0.25) is 15.8 Å². The summed E-state index contributed by atoms with van der Waals surface area (Å²) >= 11 is 0. The molecule has 0 spiro atoms. The summed E-state index contributed by atoms with van der Waals surface area (Å²) in [5, 5.41) is 0.771. The van der Waals surface area contributed by atoms with E-state index in [2.05, 4.69) is 9.71 Å². The zero-order chi connectivity index (χ0) is 20.5. The van der Waals surface area contributed by atoms with Gasteiger partial charge in [0.25, 0.3) is 0 Å². The number of esters is 1. The number of hydrogen-bond acceptors (Lipinski definition) is 5. The number of fused-ring (bicyclic) bond motifs is 1. The first-order chi connectivity index (χ1) is 13.2. The van der Waals surface area contributed by atoms with Crippen molar-refractivity contribution in [3.63, 3.8) is 0 Å². The Morgan fingerprint density at radius 3 is 2.54 bits per heavy atom. The highest BCUT2D eigenvalue weighted by atomic mass is 32.2. The second kappa shape index (κ2) is 7.47. The highest BCUT2D eigenvalue weighted by Gasteiger charge is 2.25. The number of rotatable bonds is 6. The van der Waals surface area contributed by atoms with Crippen molar-refractivity contribution in [1.29, 1.82) is 0 Å². The van der Waals surface area contributed by atoms with Crippen molar-refractivity contribution in [2.24, 2.45) is 0 Å². The average molecular weight is 400 g/mol. The van der Waals surface area contributed by atoms with E-state index in [9.17, 15) is 18.0 Å². The quantitative estimate of drug-likeness (QED) is 0.488. The lowest BCUT2D eigenvalue weighted by molar-refractivity contribution is 0.0319. The summed E-state index contributed by atoms with van der Waals surface area (Å²) in [6.45, 7) is 3.31. The van der Waals surface area contributed by atoms with Gasteiger partial charge in [-0.1, -0.05) is 24.3 Å². The molecule has 0 radical (unpaired) electrons. The number of nitrogens with one attached hydrogen (secondary N) is 2. The van der Waals surface area contributed by atoms with E-state index in [0.29, 0.717) is 11.3 Å². The molecule has 1 unspecified atom stereocenters. The summed E-state index contributed by atoms with van der Waals surface area (Å²) in [5.41, 5.74) is 2.41. The van der Waals surface area contributed by atoms with Crippen LogP contribution in [0, 0.1) is 6.92 Å². The van der Waals surface area contributed by atoms with E-state index in [-0.39, 0.29) is 17.0 Å². The highest BCUT2D eigenvalue weighted by molar-refractivity contribution is 7.92. The summed E-state index contributed by atoms with van der Waals surface area (Å²) in [5.74, 6) is -1.02. The van der Waals surface area contributed by atoms with Crippen molar-refractivity contribution in [2.75, 3.05) is 11.0 Å². The van der Waals surface area contributed by atoms with Crippen LogP contribution in [-0.2, 0) is 14.8 Å². The van der Waals surface area contributed by atoms with E-state index in [1.165, 1.54) is 31.2 Å². The first-order valence-electron chi connectivity index (χ1n) is 8.56. The molecule has 0 saturated carbocycles. The zero-order valence-corrected chi connectivity index (χ0v) is 16.5. The lowest BCUT2D eigenvalue weighted by atomic mass is 10.0. The summed E-state index contributed by atoms with van der Waals surface area (Å²) in [7, 11) is -3.47. The van der Waals surface area contributed by atoms with Crippen molar-refractivity contribution < 1.29 is 22.7 Å². The summed E-state index contributed by atoms with van der Waals surface area (Å²) < 4.78 is 30.3. The third-order valence-corrected chi connectivity index (χ3v) is 4.80. The van der Waals surface area contributed by atoms with Gasteiger partial charge in [0.05, 0.1) is 11.8 Å². The number of sulfonamides is 1. The number of aromatic amines is 1. The SMILES string of the molecule is Cc1[nH]c2ccccc2c1C(=O)C(C)OC(=O)c1cccc(NS(C)(=O)=O)c1. The van der Waals surface area contributed by atoms with Gasteiger partial charge in [0.15, 0.2) is 6.10 Å². The van der Waals surface area contributed by atoms with Gasteiger partial charge in [0.1, 0.15) is 0 Å². The predicted octanol–water partition coefficient (Wildman–Crippen LogP) is 3.28. The number of benzene rings is 2. The fraction of sp³-hybridized carbons (Fsp3) is 0.200. The molecule has 1 aromatic heterocycles. The van der Waals surface area contributed by atoms with Crippen LogP contribution in [0.1, 0.15) is 33.3 Å². The maximum absolute atomic E-state index is 12.9. The van der Waals surface area contributed by atoms with Crippen molar-refractivity contribution >= 4 is 38.4 Å². The van der Waals surface area contributed by atoms with Gasteiger partial charge < -0.3 is 9.72 Å². The molecule has 2 aromatic carbocycles. The first kappa shape index (κ1) is 19.6. The van der Waals surface area contributed by atoms with E-state index in [1.807, 2.05) is 24.3 Å². The molecule has 1 heterocycles. The number of ketones is 1. The second-order valence-corrected chi connectivity index (χ2v) is 8.29. The maximum atomic E-state index is 12.9. The third kappa shape index (κ3) is 4.23. The molecule has 1 atom stereocenters. The van der Waals surface area contributed by atoms with Crippen molar-refractivity contribution in [2.45, 2.75) is 20.0 Å². The molecule has 8 heteroatoms. The number of para-hydroxylation sites is 1. The summed E-state index contributed by atoms with van der Waals surface area (Å²) in [6, 6.07) is 13.3. The van der Waals surface area contributed by atoms with Crippen LogP contribution in [0.3, 0.4) is 0 Å². The van der Waals surface area contributed by atoms with E-state index in [0.717, 1.165) is 17.2 Å². The van der Waals surface area contributed by atoms with Crippen LogP contribution in [-0.4, -0.2) is 37.5 Å². The monoisotopic (exact) mass is 400 g/mol. The fourth-order valence-electron chi connectivity index (χ4n) is 3.00. The normalized spacial score (nSPS) is 12.5. The van der Waals surface area contributed by atoms with Crippen LogP contribution in [0.4, 0.5) is 5.69 Å². The Morgan fingerprint density at radius 2 is 1.82 bits per heavy atom. The molecule has 0 fully saturated rings. The number of Topliss-reactive ketones (excluding diaryl/α,β-unsaturated/α-hetero) is 1. The first-order valence-corrected chi connectivity index (χ1v) is 10.4. The van der Waals surface area contributed by atoms with Crippen LogP contribution in [0.5, 0.6) is 0 Å². The smallest absolute Gasteiger partial charge is 0.338 e. The van der Waals surface area contributed by atoms with Gasteiger partial charge in [-0.2, -0.15) is 0 Å². The van der Waals surface area contributed by atoms with Crippen LogP contribution < -0.4 is 4.72 Å². The molecule has 3 aromatic rings. The molecule has 28 heavy (non-hydrogen) atoms. The van der Waals surface area contributed by atoms with Crippen LogP contribution in [0.25, 0.3) is 10.9 Å². The Morgan fingerprint density at radius 1 is 1.11 bits per heavy atom. The number of aryl methyl sites for hydroxylation is 1. The Hall–Kier alpha value is -3.13. The number of anilines is 1. The molecule has 0 aliphatic carbocycles. The Bertz CT molecular complexity index is 1160. The topological polar surface area (TPSA) is 105 Å². The molecule has 2 N–H and O–H groups in total. The van der Waals surface area contributed by atoms with Crippen LogP contribution in [0.15, 0.2) is 48.5 Å². The Balaban J connectivity index is 1.80. The lowest BCUT2D eigenvalue weighted by Crippen LogP contribution is -2.25. The lowest BCUT2D eigenvalue weighted by Gasteiger charge is -2.13. The molecule has 7 nitrogen and oxygen atoms in total. The van der Waals surface area contributed by atoms with Crippen LogP contribution in [0.2, 0.25) is 0 Å². The van der Waals surface area contributed by atoms with Crippen LogP contribution >= 0.6 is 0 Å². The molecule has 0 aliphatic rings. The minimum atomic E-state index is -3.47. The van der Waals surface area contributed by atoms with Gasteiger partial charge in [-0.15, -0.1) is 0 Å². The van der Waals surface area contributed by atoms with Gasteiger partial charge in [-0.05, 0) is 38.1 Å². The second-order valence-electron chi connectivity index (χ2n) is 6.54. The number of ether oxygens (including phenoxy) is 1. The van der Waals surface area contributed by atoms with E-state index < -0.39 is 22.1 Å². The Labute approximate surface area is 162 Å². The number of hydrogen-bond donors (Lipinski definition) is 2. The molecule has 3 rings (SSSR count). The van der Waals surface area contributed by atoms with E-state index >= 15 is 0 Å². The molecule has 0 amide bonds. The average Bonchev–Trinajstić information content (AvgIpc) is 2.95. The summed E-state index contributed by atoms with van der Waals surface area (Å²) in [6.07, 6.45) is 0.0133. The Kier molecular flexibility index (Phi) is 5.24. The standard InChI is InChI=1S/C20H20N2O5S/c1-12-18(16-9-4-5-10-17(16)21-12)19(23)13(2)27-20(24)14-7-6-8-15(11-14)22-28(3,25)26/h4-11,13,21-22H,1-3H3. The molecule has 0 bridgehead atoms. The van der Waals surface area contributed by atoms with Gasteiger partial charge in [-0.25, -0.2) is 13.2 Å². The molecule has 0 saturated heterocycles. The number of aromatic nitrogens is 1. The van der Waals surface area contributed by atoms with E-state index in [1.54, 1.807) is 6.92 Å². The highest BCUT2D eigenvalue weighted by Crippen LogP contribution is 2.24. The minimum Gasteiger partial charge on any atom is -0.451 e. The fourth-order valence-corrected chi connectivity index (χ4v) is 3.56. The summed E-state index contributed by atoms with van der Waals surface area (Å²) in [4.78, 5) is 28.5. The van der Waals surface area contributed by atoms with Crippen molar-refractivity contribution in [3.05, 3.63) is 65.4 Å². The maximum Gasteiger partial charge on any atom is 0.338 e. The third-order valence-electron chi connectivity index (χ3n) is 4.19. The molecular weight excluding hydrogens is 380 g/mol. The number of carbonyl (C=O) groups excluding carboxylic acids is 2. The van der Waals surface area contributed by atoms with E-state index in [4.69, 9.17) is 4.74 Å². The molecule has 146 valence electrons. The molecular formula is C20H20N2O5S. The van der Waals surface area contributed by atoms with Gasteiger partial charge in [-0.3, -0.25) is 9.52 Å². The minimum absolute atomic E-state index is 0.143. The molecule has 0 aliphatic heterocycles. The number of H-pyrrole nitrogens is 1. The number of carbonyl (C=O) groups is 2. The predicted molar refractivity (Wildman–Crippen MR) is 107 cm³/mol. The van der Waals surface area contributed by atoms with Gasteiger partial charge in [0, 0.05) is 27.8 Å². The van der Waals surface area contributed by atoms with Gasteiger partial charge >= 0.3 is 5.97 Å². The largest absolute Gasteiger partial charge is 0.451 e. The van der Waals surface area contributed by atoms with Crippen molar-refractivity contribution in [3.8, 4) is 0 Å². The van der Waals surface area contributed by atoms with Crippen molar-refractivity contribution in [1.82, 2.24) is 4.98 Å². The zero-order valence-electron chi connectivity index (χ0n) is 15.6.